The molecule has 1 amide bonds. The number of nitrogens with one attached hydrogen (secondary N) is 1. The number of benzene rings is 1. The van der Waals surface area contributed by atoms with Crippen LogP contribution in [0.3, 0.4) is 0 Å². The molecule has 0 spiro atoms. The molecule has 0 unspecified atom stereocenters. The molecule has 2 heterocycles. The van der Waals surface area contributed by atoms with E-state index < -0.39 is 0 Å². The summed E-state index contributed by atoms with van der Waals surface area (Å²) in [5.41, 5.74) is 1.03. The van der Waals surface area contributed by atoms with Gasteiger partial charge in [-0.05, 0) is 25.0 Å². The number of hydrogen-bond donors (Lipinski definition) is 1. The standard InChI is InChI=1S/C15H21N3O/c19-15-14(17-11-8-16-9-12-17)7-4-10-18(15)13-5-2-1-3-6-13/h1-3,5-6,14,16H,4,7-12H2/t14-/m0/s1. The lowest BCUT2D eigenvalue weighted by Crippen LogP contribution is -2.57. The van der Waals surface area contributed by atoms with Crippen LogP contribution in [-0.4, -0.2) is 49.6 Å². The van der Waals surface area contributed by atoms with Crippen LogP contribution in [0, 0.1) is 0 Å². The molecule has 1 aromatic carbocycles. The number of hydrogen-bond acceptors (Lipinski definition) is 3. The second-order valence-corrected chi connectivity index (χ2v) is 5.27. The molecule has 2 saturated heterocycles. The molecular weight excluding hydrogens is 238 g/mol. The number of amides is 1. The number of anilines is 1. The van der Waals surface area contributed by atoms with Crippen LogP contribution in [0.25, 0.3) is 0 Å². The molecule has 0 radical (unpaired) electrons. The Labute approximate surface area is 114 Å². The third kappa shape index (κ3) is 2.65. The van der Waals surface area contributed by atoms with Crippen LogP contribution < -0.4 is 10.2 Å². The molecule has 19 heavy (non-hydrogen) atoms. The Morgan fingerprint density at radius 1 is 1.05 bits per heavy atom. The number of rotatable bonds is 2. The predicted octanol–water partition coefficient (Wildman–Crippen LogP) is 1.09. The Kier molecular flexibility index (Phi) is 3.80. The number of para-hydroxylation sites is 1. The summed E-state index contributed by atoms with van der Waals surface area (Å²) in [4.78, 5) is 17.0. The lowest BCUT2D eigenvalue weighted by Gasteiger charge is -2.40. The average Bonchev–Trinajstić information content (AvgIpc) is 2.49. The zero-order valence-electron chi connectivity index (χ0n) is 11.2. The topological polar surface area (TPSA) is 35.6 Å². The van der Waals surface area contributed by atoms with Crippen molar-refractivity contribution in [3.05, 3.63) is 30.3 Å². The Bertz CT molecular complexity index is 428. The molecular formula is C15H21N3O. The average molecular weight is 259 g/mol. The van der Waals surface area contributed by atoms with Crippen LogP contribution in [0.15, 0.2) is 30.3 Å². The number of carbonyl (C=O) groups excluding carboxylic acids is 1. The number of carbonyl (C=O) groups is 1. The quantitative estimate of drug-likeness (QED) is 0.863. The molecule has 4 nitrogen and oxygen atoms in total. The maximum atomic E-state index is 12.7. The van der Waals surface area contributed by atoms with Gasteiger partial charge >= 0.3 is 0 Å². The van der Waals surface area contributed by atoms with Gasteiger partial charge in [0.2, 0.25) is 5.91 Å². The summed E-state index contributed by atoms with van der Waals surface area (Å²) in [6.07, 6.45) is 2.09. The summed E-state index contributed by atoms with van der Waals surface area (Å²) in [5, 5.41) is 3.34. The van der Waals surface area contributed by atoms with E-state index in [4.69, 9.17) is 0 Å². The Morgan fingerprint density at radius 2 is 1.79 bits per heavy atom. The van der Waals surface area contributed by atoms with Gasteiger partial charge in [-0.1, -0.05) is 18.2 Å². The van der Waals surface area contributed by atoms with Crippen molar-refractivity contribution >= 4 is 11.6 Å². The molecule has 1 atom stereocenters. The number of nitrogens with zero attached hydrogens (tertiary/aromatic N) is 2. The number of piperidine rings is 1. The molecule has 2 fully saturated rings. The first kappa shape index (κ1) is 12.6. The van der Waals surface area contributed by atoms with Gasteiger partial charge in [-0.2, -0.15) is 0 Å². The molecule has 0 saturated carbocycles. The van der Waals surface area contributed by atoms with E-state index >= 15 is 0 Å². The maximum absolute atomic E-state index is 12.7. The van der Waals surface area contributed by atoms with Gasteiger partial charge in [0.05, 0.1) is 6.04 Å². The van der Waals surface area contributed by atoms with Crippen LogP contribution in [0.5, 0.6) is 0 Å². The van der Waals surface area contributed by atoms with Gasteiger partial charge in [-0.25, -0.2) is 0 Å². The zero-order chi connectivity index (χ0) is 13.1. The van der Waals surface area contributed by atoms with E-state index in [1.165, 1.54) is 0 Å². The molecule has 0 bridgehead atoms. The molecule has 0 aliphatic carbocycles. The van der Waals surface area contributed by atoms with Crippen molar-refractivity contribution in [3.8, 4) is 0 Å². The predicted molar refractivity (Wildman–Crippen MR) is 76.3 cm³/mol. The molecule has 2 aliphatic rings. The summed E-state index contributed by atoms with van der Waals surface area (Å²) < 4.78 is 0. The summed E-state index contributed by atoms with van der Waals surface area (Å²) in [7, 11) is 0. The fourth-order valence-electron chi connectivity index (χ4n) is 3.05. The van der Waals surface area contributed by atoms with Crippen LogP contribution in [-0.2, 0) is 4.79 Å². The van der Waals surface area contributed by atoms with Crippen LogP contribution >= 0.6 is 0 Å². The molecule has 1 aromatic rings. The third-order valence-electron chi connectivity index (χ3n) is 4.07. The first-order valence-electron chi connectivity index (χ1n) is 7.17. The van der Waals surface area contributed by atoms with Crippen molar-refractivity contribution in [1.82, 2.24) is 10.2 Å². The third-order valence-corrected chi connectivity index (χ3v) is 4.07. The summed E-state index contributed by atoms with van der Waals surface area (Å²) in [5.74, 6) is 0.277. The Morgan fingerprint density at radius 3 is 2.53 bits per heavy atom. The summed E-state index contributed by atoms with van der Waals surface area (Å²) in [6.45, 7) is 4.81. The number of piperazine rings is 1. The highest BCUT2D eigenvalue weighted by atomic mass is 16.2. The highest BCUT2D eigenvalue weighted by Gasteiger charge is 2.34. The normalized spacial score (nSPS) is 25.6. The minimum absolute atomic E-state index is 0.0797. The van der Waals surface area contributed by atoms with E-state index in [1.807, 2.05) is 35.2 Å². The molecule has 102 valence electrons. The van der Waals surface area contributed by atoms with Crippen molar-refractivity contribution in [2.45, 2.75) is 18.9 Å². The van der Waals surface area contributed by atoms with Crippen molar-refractivity contribution < 1.29 is 4.79 Å². The summed E-state index contributed by atoms with van der Waals surface area (Å²) >= 11 is 0. The highest BCUT2D eigenvalue weighted by Crippen LogP contribution is 2.23. The van der Waals surface area contributed by atoms with E-state index in [9.17, 15) is 4.79 Å². The van der Waals surface area contributed by atoms with Crippen LogP contribution in [0.1, 0.15) is 12.8 Å². The van der Waals surface area contributed by atoms with Gasteiger partial charge in [-0.3, -0.25) is 9.69 Å². The van der Waals surface area contributed by atoms with Gasteiger partial charge in [0.15, 0.2) is 0 Å². The fraction of sp³-hybridized carbons (Fsp3) is 0.533. The second-order valence-electron chi connectivity index (χ2n) is 5.27. The van der Waals surface area contributed by atoms with Crippen LogP contribution in [0.2, 0.25) is 0 Å². The van der Waals surface area contributed by atoms with Crippen molar-refractivity contribution in [2.75, 3.05) is 37.6 Å². The second kappa shape index (κ2) is 5.72. The largest absolute Gasteiger partial charge is 0.314 e. The van der Waals surface area contributed by atoms with E-state index in [1.54, 1.807) is 0 Å². The lowest BCUT2D eigenvalue weighted by atomic mass is 10.0. The summed E-state index contributed by atoms with van der Waals surface area (Å²) in [6, 6.07) is 10.1. The van der Waals surface area contributed by atoms with Gasteiger partial charge in [0.25, 0.3) is 0 Å². The monoisotopic (exact) mass is 259 g/mol. The first-order valence-corrected chi connectivity index (χ1v) is 7.17. The van der Waals surface area contributed by atoms with Crippen LogP contribution in [0.4, 0.5) is 5.69 Å². The van der Waals surface area contributed by atoms with E-state index in [-0.39, 0.29) is 11.9 Å². The van der Waals surface area contributed by atoms with Crippen molar-refractivity contribution in [1.29, 1.82) is 0 Å². The highest BCUT2D eigenvalue weighted by molar-refractivity contribution is 5.97. The van der Waals surface area contributed by atoms with Gasteiger partial charge in [0, 0.05) is 38.4 Å². The minimum atomic E-state index is 0.0797. The molecule has 4 heteroatoms. The molecule has 1 N–H and O–H groups in total. The van der Waals surface area contributed by atoms with Crippen molar-refractivity contribution in [2.24, 2.45) is 0 Å². The van der Waals surface area contributed by atoms with Gasteiger partial charge in [-0.15, -0.1) is 0 Å². The molecule has 0 aromatic heterocycles. The van der Waals surface area contributed by atoms with Gasteiger partial charge < -0.3 is 10.2 Å². The van der Waals surface area contributed by atoms with Crippen molar-refractivity contribution in [3.63, 3.8) is 0 Å². The van der Waals surface area contributed by atoms with E-state index in [0.717, 1.165) is 51.3 Å². The Hall–Kier alpha value is -1.39. The molecule has 2 aliphatic heterocycles. The van der Waals surface area contributed by atoms with E-state index in [2.05, 4.69) is 10.2 Å². The SMILES string of the molecule is O=C1[C@@H](N2CCNCC2)CCCN1c1ccccc1. The fourth-order valence-corrected chi connectivity index (χ4v) is 3.05. The smallest absolute Gasteiger partial charge is 0.244 e. The first-order chi connectivity index (χ1) is 9.36. The molecule has 3 rings (SSSR count). The zero-order valence-corrected chi connectivity index (χ0v) is 11.2. The Balaban J connectivity index is 1.75. The van der Waals surface area contributed by atoms with E-state index in [0.29, 0.717) is 0 Å². The maximum Gasteiger partial charge on any atom is 0.244 e. The van der Waals surface area contributed by atoms with Gasteiger partial charge in [0.1, 0.15) is 0 Å². The lowest BCUT2D eigenvalue weighted by molar-refractivity contribution is -0.125. The minimum Gasteiger partial charge on any atom is -0.314 e.